The van der Waals surface area contributed by atoms with Crippen molar-refractivity contribution in [2.24, 2.45) is 5.73 Å². The number of rotatable bonds is 4. The molecule has 0 aliphatic rings. The van der Waals surface area contributed by atoms with Crippen LogP contribution in [0, 0.1) is 0 Å². The predicted octanol–water partition coefficient (Wildman–Crippen LogP) is 2.46. The number of benzene rings is 1. The lowest BCUT2D eigenvalue weighted by Crippen LogP contribution is -2.39. The molecule has 1 rings (SSSR count). The van der Waals surface area contributed by atoms with Crippen LogP contribution < -0.4 is 11.1 Å². The standard InChI is InChI=1S/C11H14Cl2N2O/c1-2-7(6-14)15-11(16)8-4-3-5-9(12)10(8)13/h3-5,7H,2,6,14H2,1H3,(H,15,16). The van der Waals surface area contributed by atoms with Crippen LogP contribution in [0.25, 0.3) is 0 Å². The van der Waals surface area contributed by atoms with Crippen molar-refractivity contribution in [3.05, 3.63) is 33.8 Å². The van der Waals surface area contributed by atoms with Crippen LogP contribution in [0.5, 0.6) is 0 Å². The highest BCUT2D eigenvalue weighted by molar-refractivity contribution is 6.43. The van der Waals surface area contributed by atoms with Crippen molar-refractivity contribution in [1.82, 2.24) is 5.32 Å². The molecule has 0 aliphatic heterocycles. The minimum absolute atomic E-state index is 0.0393. The number of nitrogens with one attached hydrogen (secondary N) is 1. The summed E-state index contributed by atoms with van der Waals surface area (Å²) >= 11 is 11.8. The predicted molar refractivity (Wildman–Crippen MR) is 67.1 cm³/mol. The third kappa shape index (κ3) is 3.11. The van der Waals surface area contributed by atoms with E-state index in [1.54, 1.807) is 18.2 Å². The summed E-state index contributed by atoms with van der Waals surface area (Å²) in [7, 11) is 0. The Kier molecular flexibility index (Phi) is 5.06. The number of amides is 1. The molecule has 0 saturated heterocycles. The Morgan fingerprint density at radius 2 is 2.19 bits per heavy atom. The SMILES string of the molecule is CCC(CN)NC(=O)c1cccc(Cl)c1Cl. The Balaban J connectivity index is 2.84. The van der Waals surface area contributed by atoms with Crippen molar-refractivity contribution < 1.29 is 4.79 Å². The minimum Gasteiger partial charge on any atom is -0.348 e. The van der Waals surface area contributed by atoms with Gasteiger partial charge in [-0.1, -0.05) is 36.2 Å². The van der Waals surface area contributed by atoms with E-state index in [4.69, 9.17) is 28.9 Å². The van der Waals surface area contributed by atoms with E-state index in [2.05, 4.69) is 5.32 Å². The monoisotopic (exact) mass is 260 g/mol. The Morgan fingerprint density at radius 1 is 1.50 bits per heavy atom. The van der Waals surface area contributed by atoms with E-state index in [-0.39, 0.29) is 17.0 Å². The van der Waals surface area contributed by atoms with E-state index in [0.29, 0.717) is 17.1 Å². The van der Waals surface area contributed by atoms with Gasteiger partial charge in [0.25, 0.3) is 5.91 Å². The van der Waals surface area contributed by atoms with Crippen LogP contribution in [0.1, 0.15) is 23.7 Å². The first-order valence-electron chi connectivity index (χ1n) is 5.05. The van der Waals surface area contributed by atoms with E-state index < -0.39 is 0 Å². The summed E-state index contributed by atoms with van der Waals surface area (Å²) in [5.74, 6) is -0.246. The van der Waals surface area contributed by atoms with Crippen LogP contribution in [-0.4, -0.2) is 18.5 Å². The molecule has 3 nitrogen and oxygen atoms in total. The highest BCUT2D eigenvalue weighted by Gasteiger charge is 2.15. The van der Waals surface area contributed by atoms with Crippen molar-refractivity contribution >= 4 is 29.1 Å². The maximum Gasteiger partial charge on any atom is 0.253 e. The molecule has 0 saturated carbocycles. The average molecular weight is 261 g/mol. The minimum atomic E-state index is -0.246. The van der Waals surface area contributed by atoms with Gasteiger partial charge in [-0.2, -0.15) is 0 Å². The Labute approximate surface area is 105 Å². The van der Waals surface area contributed by atoms with Gasteiger partial charge < -0.3 is 11.1 Å². The highest BCUT2D eigenvalue weighted by Crippen LogP contribution is 2.25. The summed E-state index contributed by atoms with van der Waals surface area (Å²) in [4.78, 5) is 11.8. The number of carbonyl (C=O) groups excluding carboxylic acids is 1. The van der Waals surface area contributed by atoms with Crippen molar-refractivity contribution in [2.75, 3.05) is 6.54 Å². The van der Waals surface area contributed by atoms with Crippen LogP contribution in [0.4, 0.5) is 0 Å². The van der Waals surface area contributed by atoms with Gasteiger partial charge in [0.1, 0.15) is 0 Å². The molecule has 3 N–H and O–H groups in total. The molecule has 1 unspecified atom stereocenters. The fourth-order valence-corrected chi connectivity index (χ4v) is 1.66. The number of nitrogens with two attached hydrogens (primary N) is 1. The van der Waals surface area contributed by atoms with Crippen LogP contribution >= 0.6 is 23.2 Å². The number of hydrogen-bond donors (Lipinski definition) is 2. The average Bonchev–Trinajstić information content (AvgIpc) is 2.29. The zero-order chi connectivity index (χ0) is 12.1. The third-order valence-corrected chi connectivity index (χ3v) is 3.13. The largest absolute Gasteiger partial charge is 0.348 e. The molecular formula is C11H14Cl2N2O. The fraction of sp³-hybridized carbons (Fsp3) is 0.364. The molecule has 0 bridgehead atoms. The molecule has 0 aliphatic carbocycles. The van der Waals surface area contributed by atoms with E-state index in [1.165, 1.54) is 0 Å². The van der Waals surface area contributed by atoms with E-state index in [0.717, 1.165) is 6.42 Å². The van der Waals surface area contributed by atoms with E-state index >= 15 is 0 Å². The Hall–Kier alpha value is -0.770. The molecular weight excluding hydrogens is 247 g/mol. The Morgan fingerprint density at radius 3 is 2.75 bits per heavy atom. The molecule has 1 amide bonds. The van der Waals surface area contributed by atoms with Gasteiger partial charge in [-0.05, 0) is 18.6 Å². The first kappa shape index (κ1) is 13.3. The second-order valence-electron chi connectivity index (χ2n) is 3.42. The number of carbonyl (C=O) groups is 1. The van der Waals surface area contributed by atoms with Gasteiger partial charge in [0.15, 0.2) is 0 Å². The summed E-state index contributed by atoms with van der Waals surface area (Å²) in [6.07, 6.45) is 0.778. The van der Waals surface area contributed by atoms with E-state index in [1.807, 2.05) is 6.92 Å². The number of hydrogen-bond acceptors (Lipinski definition) is 2. The molecule has 16 heavy (non-hydrogen) atoms. The maximum absolute atomic E-state index is 11.8. The lowest BCUT2D eigenvalue weighted by molar-refractivity contribution is 0.0937. The molecule has 0 fully saturated rings. The third-order valence-electron chi connectivity index (χ3n) is 2.31. The molecule has 88 valence electrons. The fourth-order valence-electron chi connectivity index (χ4n) is 1.27. The van der Waals surface area contributed by atoms with Gasteiger partial charge in [-0.25, -0.2) is 0 Å². The molecule has 5 heteroatoms. The van der Waals surface area contributed by atoms with Gasteiger partial charge in [0.05, 0.1) is 15.6 Å². The second kappa shape index (κ2) is 6.09. The molecule has 0 aromatic heterocycles. The quantitative estimate of drug-likeness (QED) is 0.874. The molecule has 0 spiro atoms. The molecule has 1 aromatic rings. The van der Waals surface area contributed by atoms with Crippen LogP contribution in [0.15, 0.2) is 18.2 Å². The van der Waals surface area contributed by atoms with Gasteiger partial charge in [-0.3, -0.25) is 4.79 Å². The maximum atomic E-state index is 11.8. The van der Waals surface area contributed by atoms with Gasteiger partial charge >= 0.3 is 0 Å². The van der Waals surface area contributed by atoms with Gasteiger partial charge in [0.2, 0.25) is 0 Å². The van der Waals surface area contributed by atoms with Crippen LogP contribution in [0.3, 0.4) is 0 Å². The topological polar surface area (TPSA) is 55.1 Å². The first-order valence-corrected chi connectivity index (χ1v) is 5.80. The van der Waals surface area contributed by atoms with Crippen LogP contribution in [0.2, 0.25) is 10.0 Å². The van der Waals surface area contributed by atoms with Gasteiger partial charge in [-0.15, -0.1) is 0 Å². The smallest absolute Gasteiger partial charge is 0.253 e. The summed E-state index contributed by atoms with van der Waals surface area (Å²) in [6.45, 7) is 2.36. The highest BCUT2D eigenvalue weighted by atomic mass is 35.5. The zero-order valence-electron chi connectivity index (χ0n) is 8.97. The van der Waals surface area contributed by atoms with Gasteiger partial charge in [0, 0.05) is 12.6 Å². The second-order valence-corrected chi connectivity index (χ2v) is 4.20. The normalized spacial score (nSPS) is 12.2. The van der Waals surface area contributed by atoms with Crippen molar-refractivity contribution in [2.45, 2.75) is 19.4 Å². The van der Waals surface area contributed by atoms with E-state index in [9.17, 15) is 4.79 Å². The summed E-state index contributed by atoms with van der Waals surface area (Å²) in [5, 5.41) is 3.44. The van der Waals surface area contributed by atoms with Crippen molar-refractivity contribution in [3.63, 3.8) is 0 Å². The first-order chi connectivity index (χ1) is 7.60. The molecule has 1 aromatic carbocycles. The van der Waals surface area contributed by atoms with Crippen molar-refractivity contribution in [3.8, 4) is 0 Å². The summed E-state index contributed by atoms with van der Waals surface area (Å²) in [6, 6.07) is 4.92. The number of halogens is 2. The van der Waals surface area contributed by atoms with Crippen molar-refractivity contribution in [1.29, 1.82) is 0 Å². The summed E-state index contributed by atoms with van der Waals surface area (Å²) in [5.41, 5.74) is 5.88. The zero-order valence-corrected chi connectivity index (χ0v) is 10.5. The molecule has 1 atom stereocenters. The molecule has 0 radical (unpaired) electrons. The lowest BCUT2D eigenvalue weighted by Gasteiger charge is -2.15. The Bertz CT molecular complexity index is 378. The van der Waals surface area contributed by atoms with Crippen LogP contribution in [-0.2, 0) is 0 Å². The lowest BCUT2D eigenvalue weighted by atomic mass is 10.1. The molecule has 0 heterocycles. The summed E-state index contributed by atoms with van der Waals surface area (Å²) < 4.78 is 0.